The number of carbonyl (C=O) groups is 4. The molecular formula is C75H67NO14. The van der Waals surface area contributed by atoms with Crippen molar-refractivity contribution in [2.24, 2.45) is 5.41 Å². The Balaban J connectivity index is 0.989. The molecule has 15 nitrogen and oxygen atoms in total. The summed E-state index contributed by atoms with van der Waals surface area (Å²) < 4.78 is 62.3. The number of esters is 4. The molecule has 0 spiro atoms. The predicted molar refractivity (Wildman–Crippen MR) is 338 cm³/mol. The summed E-state index contributed by atoms with van der Waals surface area (Å²) in [4.78, 5) is 61.6. The lowest BCUT2D eigenvalue weighted by Crippen LogP contribution is -2.44. The summed E-state index contributed by atoms with van der Waals surface area (Å²) in [5.74, 6) is -1.48. The molecule has 10 rings (SSSR count). The second-order valence-electron chi connectivity index (χ2n) is 21.5. The average Bonchev–Trinajstić information content (AvgIpc) is 2.57. The normalized spacial score (nSPS) is 11.0. The van der Waals surface area contributed by atoms with Gasteiger partial charge in [-0.15, -0.1) is 0 Å². The topological polar surface area (TPSA) is 176 Å². The number of aromatic amines is 1. The molecule has 15 heteroatoms. The van der Waals surface area contributed by atoms with Gasteiger partial charge < -0.3 is 52.4 Å². The fourth-order valence-electron chi connectivity index (χ4n) is 9.43. The number of rotatable bonds is 30. The number of hydrogen-bond donors (Lipinski definition) is 1. The van der Waals surface area contributed by atoms with Gasteiger partial charge in [0, 0.05) is 30.1 Å². The van der Waals surface area contributed by atoms with Crippen molar-refractivity contribution in [3.8, 4) is 34.5 Å². The smallest absolute Gasteiger partial charge is 0.340 e. The molecule has 0 fully saturated rings. The van der Waals surface area contributed by atoms with Crippen LogP contribution < -0.4 is 28.4 Å². The van der Waals surface area contributed by atoms with Gasteiger partial charge in [0.05, 0.1) is 22.3 Å². The van der Waals surface area contributed by atoms with Gasteiger partial charge in [0.1, 0.15) is 106 Å². The summed E-state index contributed by atoms with van der Waals surface area (Å²) in [7, 11) is 0. The Labute approximate surface area is 522 Å². The minimum Gasteiger partial charge on any atom is -0.489 e. The number of carbonyl (C=O) groups excluding carboxylic acids is 4. The highest BCUT2D eigenvalue weighted by atomic mass is 16.6. The summed E-state index contributed by atoms with van der Waals surface area (Å²) in [6.07, 6.45) is 1.67. The molecule has 0 saturated carbocycles. The van der Waals surface area contributed by atoms with Crippen LogP contribution in [-0.2, 0) is 58.6 Å². The first-order valence-electron chi connectivity index (χ1n) is 29.3. The standard InChI is InChI=1S/C75H67NO14/c1-53-42-76-54(2)70(53)74(80)90-52-75(49-87-71(77)61-33-64(81-43-55-21-9-3-10-22-55)39-65(34-61)82-44-56-23-11-4-12-24-56,50-88-72(78)62-35-66(83-45-57-25-13-5-14-26-57)40-67(36-62)84-46-58-27-15-6-16-28-58)51-89-73(79)63-37-68(85-47-59-29-17-7-18-30-59)41-69(38-63)86-48-60-31-19-8-20-32-60/h3-42,76H,43-52H2,1-2H3. The molecule has 10 aromatic rings. The highest BCUT2D eigenvalue weighted by Crippen LogP contribution is 2.32. The van der Waals surface area contributed by atoms with E-state index >= 15 is 0 Å². The SMILES string of the molecule is Cc1c[nH]c(C)c1C(=O)OCC(COC(=O)c1cc(OCc2ccccc2)cc(OCc2ccccc2)c1)(COC(=O)c1cc(OCc2ccccc2)cc(OCc2ccccc2)c1)COC(=O)c1cc(OCc2ccccc2)cc(OCc2ccccc2)c1. The maximum atomic E-state index is 14.8. The molecule has 0 radical (unpaired) electrons. The summed E-state index contributed by atoms with van der Waals surface area (Å²) in [6, 6.07) is 71.4. The Hall–Kier alpha value is -11.1. The maximum Gasteiger partial charge on any atom is 0.340 e. The van der Waals surface area contributed by atoms with Crippen LogP contribution in [0.4, 0.5) is 0 Å². The molecule has 1 N–H and O–H groups in total. The number of hydrogen-bond acceptors (Lipinski definition) is 14. The van der Waals surface area contributed by atoms with E-state index in [4.69, 9.17) is 47.4 Å². The molecule has 0 aliphatic heterocycles. The van der Waals surface area contributed by atoms with Gasteiger partial charge >= 0.3 is 23.9 Å². The highest BCUT2D eigenvalue weighted by Gasteiger charge is 2.39. The zero-order chi connectivity index (χ0) is 62.3. The Morgan fingerprint density at radius 1 is 0.311 bits per heavy atom. The lowest BCUT2D eigenvalue weighted by atomic mass is 9.92. The van der Waals surface area contributed by atoms with Crippen molar-refractivity contribution in [3.05, 3.63) is 310 Å². The first-order chi connectivity index (χ1) is 44.0. The lowest BCUT2D eigenvalue weighted by molar-refractivity contribution is -0.0642. The van der Waals surface area contributed by atoms with E-state index in [1.165, 1.54) is 36.4 Å². The highest BCUT2D eigenvalue weighted by molar-refractivity contribution is 5.93. The molecule has 9 aromatic carbocycles. The first-order valence-corrected chi connectivity index (χ1v) is 29.3. The van der Waals surface area contributed by atoms with Crippen molar-refractivity contribution in [1.29, 1.82) is 0 Å². The van der Waals surface area contributed by atoms with Gasteiger partial charge in [-0.25, -0.2) is 19.2 Å². The fourth-order valence-corrected chi connectivity index (χ4v) is 9.43. The van der Waals surface area contributed by atoms with Gasteiger partial charge in [-0.2, -0.15) is 0 Å². The van der Waals surface area contributed by atoms with Crippen LogP contribution >= 0.6 is 0 Å². The third kappa shape index (κ3) is 18.2. The Kier molecular flexibility index (Phi) is 21.4. The van der Waals surface area contributed by atoms with Gasteiger partial charge in [0.25, 0.3) is 0 Å². The molecule has 1 heterocycles. The van der Waals surface area contributed by atoms with Crippen LogP contribution in [-0.4, -0.2) is 55.3 Å². The fraction of sp³-hybridized carbons (Fsp3) is 0.173. The zero-order valence-electron chi connectivity index (χ0n) is 49.9. The van der Waals surface area contributed by atoms with E-state index in [1.807, 2.05) is 182 Å². The van der Waals surface area contributed by atoms with Crippen molar-refractivity contribution in [2.45, 2.75) is 53.5 Å². The Morgan fingerprint density at radius 2 is 0.533 bits per heavy atom. The summed E-state index contributed by atoms with van der Waals surface area (Å²) >= 11 is 0. The van der Waals surface area contributed by atoms with Crippen LogP contribution in [0.5, 0.6) is 34.5 Å². The van der Waals surface area contributed by atoms with Crippen LogP contribution in [0.1, 0.15) is 86.1 Å². The monoisotopic (exact) mass is 1210 g/mol. The van der Waals surface area contributed by atoms with Gasteiger partial charge in [-0.3, -0.25) is 0 Å². The Bertz CT molecular complexity index is 3390. The lowest BCUT2D eigenvalue weighted by Gasteiger charge is -2.31. The molecule has 456 valence electrons. The molecule has 0 aliphatic carbocycles. The minimum atomic E-state index is -1.81. The van der Waals surface area contributed by atoms with E-state index in [0.29, 0.717) is 45.8 Å². The number of nitrogens with one attached hydrogen (secondary N) is 1. The maximum absolute atomic E-state index is 14.8. The molecule has 0 aliphatic rings. The van der Waals surface area contributed by atoms with Gasteiger partial charge in [-0.05, 0) is 89.2 Å². The molecule has 0 unspecified atom stereocenters. The van der Waals surface area contributed by atoms with Crippen molar-refractivity contribution < 1.29 is 66.5 Å². The summed E-state index contributed by atoms with van der Waals surface area (Å²) in [6.45, 7) is 1.99. The van der Waals surface area contributed by atoms with Crippen molar-refractivity contribution in [1.82, 2.24) is 4.98 Å². The molecule has 0 atom stereocenters. The van der Waals surface area contributed by atoms with E-state index in [-0.39, 0.29) is 61.9 Å². The number of aryl methyl sites for hydroxylation is 2. The molecular weight excluding hydrogens is 1140 g/mol. The first kappa shape index (κ1) is 62.0. The summed E-state index contributed by atoms with van der Waals surface area (Å²) in [5.41, 5.74) is 5.00. The van der Waals surface area contributed by atoms with Crippen LogP contribution in [0.3, 0.4) is 0 Å². The van der Waals surface area contributed by atoms with Gasteiger partial charge in [-0.1, -0.05) is 182 Å². The second kappa shape index (κ2) is 31.0. The van der Waals surface area contributed by atoms with Crippen LogP contribution in [0, 0.1) is 19.3 Å². The molecule has 0 saturated heterocycles. The van der Waals surface area contributed by atoms with E-state index in [9.17, 15) is 19.2 Å². The molecule has 90 heavy (non-hydrogen) atoms. The van der Waals surface area contributed by atoms with Crippen LogP contribution in [0.2, 0.25) is 0 Å². The van der Waals surface area contributed by atoms with E-state index in [1.54, 1.807) is 38.2 Å². The summed E-state index contributed by atoms with van der Waals surface area (Å²) in [5, 5.41) is 0. The number of H-pyrrole nitrogens is 1. The van der Waals surface area contributed by atoms with Crippen molar-refractivity contribution in [2.75, 3.05) is 26.4 Å². The van der Waals surface area contributed by atoms with E-state index < -0.39 is 55.7 Å². The van der Waals surface area contributed by atoms with Gasteiger partial charge in [0.2, 0.25) is 0 Å². The Morgan fingerprint density at radius 3 is 0.744 bits per heavy atom. The molecule has 0 amide bonds. The predicted octanol–water partition coefficient (Wildman–Crippen LogP) is 14.8. The quantitative estimate of drug-likeness (QED) is 0.0332. The third-order valence-electron chi connectivity index (χ3n) is 14.4. The number of ether oxygens (including phenoxy) is 10. The van der Waals surface area contributed by atoms with Crippen LogP contribution in [0.15, 0.2) is 243 Å². The van der Waals surface area contributed by atoms with Crippen LogP contribution in [0.25, 0.3) is 0 Å². The minimum absolute atomic E-state index is 0.0350. The van der Waals surface area contributed by atoms with E-state index in [2.05, 4.69) is 4.98 Å². The van der Waals surface area contributed by atoms with Gasteiger partial charge in [0.15, 0.2) is 0 Å². The van der Waals surface area contributed by atoms with Crippen molar-refractivity contribution >= 4 is 23.9 Å². The van der Waals surface area contributed by atoms with Crippen molar-refractivity contribution in [3.63, 3.8) is 0 Å². The van der Waals surface area contributed by atoms with E-state index in [0.717, 1.165) is 33.4 Å². The number of aromatic nitrogens is 1. The number of benzene rings is 9. The molecule has 0 bridgehead atoms. The average molecular weight is 1210 g/mol. The zero-order valence-corrected chi connectivity index (χ0v) is 49.9. The largest absolute Gasteiger partial charge is 0.489 e. The molecule has 1 aromatic heterocycles. The second-order valence-corrected chi connectivity index (χ2v) is 21.5. The third-order valence-corrected chi connectivity index (χ3v) is 14.4.